The molecule has 0 spiro atoms. The van der Waals surface area contributed by atoms with Crippen molar-refractivity contribution in [3.8, 4) is 11.8 Å². The number of nitrogen functional groups attached to an aromatic ring is 1. The van der Waals surface area contributed by atoms with Crippen LogP contribution in [-0.2, 0) is 0 Å². The van der Waals surface area contributed by atoms with Crippen molar-refractivity contribution in [2.75, 3.05) is 5.73 Å². The fraction of sp³-hybridized carbons (Fsp3) is 0.167. The summed E-state index contributed by atoms with van der Waals surface area (Å²) in [4.78, 5) is 0. The molecule has 0 atom stereocenters. The molecule has 80 valence electrons. The molecule has 0 unspecified atom stereocenters. The van der Waals surface area contributed by atoms with Gasteiger partial charge in [0, 0.05) is 0 Å². The molecule has 0 bridgehead atoms. The zero-order valence-corrected chi connectivity index (χ0v) is 9.23. The summed E-state index contributed by atoms with van der Waals surface area (Å²) in [6.45, 7) is 4.01. The average molecular weight is 212 g/mol. The highest BCUT2D eigenvalue weighted by molar-refractivity contribution is 5.50. The Labute approximate surface area is 93.9 Å². The van der Waals surface area contributed by atoms with E-state index >= 15 is 0 Å². The molecule has 2 rings (SSSR count). The molecule has 0 amide bonds. The van der Waals surface area contributed by atoms with Gasteiger partial charge in [-0.25, -0.2) is 4.68 Å². The zero-order valence-electron chi connectivity index (χ0n) is 9.23. The lowest BCUT2D eigenvalue weighted by Gasteiger charge is -2.06. The standard InChI is InChI=1S/C12H12N4/c1-8-3-4-9(2)11(5-8)16-7-10(6-13)12(14)15-16/h3-5,7H,1-2H3,(H2,14,15). The minimum atomic E-state index is 0.267. The van der Waals surface area contributed by atoms with E-state index in [0.29, 0.717) is 5.56 Å². The normalized spacial score (nSPS) is 10.1. The quantitative estimate of drug-likeness (QED) is 0.785. The van der Waals surface area contributed by atoms with Gasteiger partial charge >= 0.3 is 0 Å². The van der Waals surface area contributed by atoms with Gasteiger partial charge in [-0.15, -0.1) is 5.10 Å². The Balaban J connectivity index is 2.59. The van der Waals surface area contributed by atoms with Gasteiger partial charge in [-0.2, -0.15) is 5.26 Å². The molecule has 2 N–H and O–H groups in total. The lowest BCUT2D eigenvalue weighted by atomic mass is 10.1. The molecule has 0 aliphatic rings. The highest BCUT2D eigenvalue weighted by Crippen LogP contribution is 2.18. The fourth-order valence-corrected chi connectivity index (χ4v) is 1.56. The van der Waals surface area contributed by atoms with Crippen molar-refractivity contribution in [2.24, 2.45) is 0 Å². The van der Waals surface area contributed by atoms with Crippen LogP contribution in [0.25, 0.3) is 5.69 Å². The maximum atomic E-state index is 8.82. The molecule has 0 aliphatic heterocycles. The summed E-state index contributed by atoms with van der Waals surface area (Å²) in [5.41, 5.74) is 9.22. The first kappa shape index (κ1) is 10.2. The van der Waals surface area contributed by atoms with E-state index in [2.05, 4.69) is 5.10 Å². The van der Waals surface area contributed by atoms with Gasteiger partial charge in [0.2, 0.25) is 0 Å². The number of aryl methyl sites for hydroxylation is 2. The van der Waals surface area contributed by atoms with Crippen LogP contribution in [0.3, 0.4) is 0 Å². The average Bonchev–Trinajstić information content (AvgIpc) is 2.63. The van der Waals surface area contributed by atoms with Crippen molar-refractivity contribution >= 4 is 5.82 Å². The van der Waals surface area contributed by atoms with Gasteiger partial charge in [-0.3, -0.25) is 0 Å². The molecule has 0 saturated carbocycles. The molecule has 2 aromatic rings. The van der Waals surface area contributed by atoms with E-state index in [0.717, 1.165) is 16.8 Å². The number of aromatic nitrogens is 2. The molecule has 0 saturated heterocycles. The summed E-state index contributed by atoms with van der Waals surface area (Å²) in [5.74, 6) is 0.267. The summed E-state index contributed by atoms with van der Waals surface area (Å²) >= 11 is 0. The Hall–Kier alpha value is -2.28. The third-order valence-electron chi connectivity index (χ3n) is 2.47. The zero-order chi connectivity index (χ0) is 11.7. The smallest absolute Gasteiger partial charge is 0.163 e. The van der Waals surface area contributed by atoms with Crippen molar-refractivity contribution in [3.05, 3.63) is 41.1 Å². The van der Waals surface area contributed by atoms with Crippen LogP contribution in [0.5, 0.6) is 0 Å². The van der Waals surface area contributed by atoms with Gasteiger partial charge in [0.15, 0.2) is 5.82 Å². The maximum absolute atomic E-state index is 8.82. The van der Waals surface area contributed by atoms with E-state index in [1.54, 1.807) is 10.9 Å². The van der Waals surface area contributed by atoms with E-state index in [-0.39, 0.29) is 5.82 Å². The number of nitrogens with zero attached hydrogens (tertiary/aromatic N) is 3. The summed E-state index contributed by atoms with van der Waals surface area (Å²) in [5, 5.41) is 12.9. The summed E-state index contributed by atoms with van der Waals surface area (Å²) < 4.78 is 1.65. The van der Waals surface area contributed by atoms with E-state index in [1.165, 1.54) is 0 Å². The van der Waals surface area contributed by atoms with Gasteiger partial charge in [0.05, 0.1) is 11.9 Å². The topological polar surface area (TPSA) is 67.6 Å². The Morgan fingerprint density at radius 1 is 1.38 bits per heavy atom. The minimum Gasteiger partial charge on any atom is -0.381 e. The second-order valence-electron chi connectivity index (χ2n) is 3.77. The monoisotopic (exact) mass is 212 g/mol. The van der Waals surface area contributed by atoms with E-state index in [9.17, 15) is 0 Å². The van der Waals surface area contributed by atoms with Gasteiger partial charge in [0.1, 0.15) is 11.6 Å². The van der Waals surface area contributed by atoms with Gasteiger partial charge in [-0.05, 0) is 31.0 Å². The number of anilines is 1. The molecule has 16 heavy (non-hydrogen) atoms. The first-order valence-corrected chi connectivity index (χ1v) is 4.94. The predicted octanol–water partition coefficient (Wildman–Crippen LogP) is 1.94. The molecule has 0 fully saturated rings. The number of nitriles is 1. The summed E-state index contributed by atoms with van der Waals surface area (Å²) in [6.07, 6.45) is 1.65. The Morgan fingerprint density at radius 2 is 2.12 bits per heavy atom. The molecule has 1 aromatic heterocycles. The number of hydrogen-bond acceptors (Lipinski definition) is 3. The number of rotatable bonds is 1. The van der Waals surface area contributed by atoms with Gasteiger partial charge in [0.25, 0.3) is 0 Å². The first-order chi connectivity index (χ1) is 7.61. The molecular weight excluding hydrogens is 200 g/mol. The van der Waals surface area contributed by atoms with Crippen molar-refractivity contribution in [3.63, 3.8) is 0 Å². The highest BCUT2D eigenvalue weighted by atomic mass is 15.3. The third kappa shape index (κ3) is 1.63. The molecular formula is C12H12N4. The number of nitrogens with two attached hydrogens (primary N) is 1. The van der Waals surface area contributed by atoms with Crippen LogP contribution in [0.4, 0.5) is 5.82 Å². The molecule has 4 heteroatoms. The third-order valence-corrected chi connectivity index (χ3v) is 2.47. The Bertz CT molecular complexity index is 575. The number of benzene rings is 1. The van der Waals surface area contributed by atoms with E-state index in [1.807, 2.05) is 38.1 Å². The molecule has 0 aliphatic carbocycles. The van der Waals surface area contributed by atoms with Crippen molar-refractivity contribution in [2.45, 2.75) is 13.8 Å². The largest absolute Gasteiger partial charge is 0.381 e. The van der Waals surface area contributed by atoms with Crippen molar-refractivity contribution in [1.82, 2.24) is 9.78 Å². The molecule has 1 heterocycles. The second kappa shape index (κ2) is 3.70. The van der Waals surface area contributed by atoms with Crippen LogP contribution >= 0.6 is 0 Å². The van der Waals surface area contributed by atoms with E-state index in [4.69, 9.17) is 11.0 Å². The first-order valence-electron chi connectivity index (χ1n) is 4.94. The highest BCUT2D eigenvalue weighted by Gasteiger charge is 2.08. The van der Waals surface area contributed by atoms with Crippen molar-refractivity contribution < 1.29 is 0 Å². The lowest BCUT2D eigenvalue weighted by Crippen LogP contribution is -1.99. The van der Waals surface area contributed by atoms with Crippen LogP contribution < -0.4 is 5.73 Å². The van der Waals surface area contributed by atoms with Crippen LogP contribution in [0.15, 0.2) is 24.4 Å². The van der Waals surface area contributed by atoms with Crippen LogP contribution in [0.2, 0.25) is 0 Å². The van der Waals surface area contributed by atoms with Crippen LogP contribution in [0, 0.1) is 25.2 Å². The van der Waals surface area contributed by atoms with Gasteiger partial charge in [-0.1, -0.05) is 12.1 Å². The lowest BCUT2D eigenvalue weighted by molar-refractivity contribution is 0.876. The maximum Gasteiger partial charge on any atom is 0.163 e. The Morgan fingerprint density at radius 3 is 2.75 bits per heavy atom. The van der Waals surface area contributed by atoms with Crippen LogP contribution in [-0.4, -0.2) is 9.78 Å². The molecule has 4 nitrogen and oxygen atoms in total. The minimum absolute atomic E-state index is 0.267. The number of hydrogen-bond donors (Lipinski definition) is 1. The molecule has 0 radical (unpaired) electrons. The second-order valence-corrected chi connectivity index (χ2v) is 3.77. The Kier molecular flexibility index (Phi) is 2.37. The van der Waals surface area contributed by atoms with Crippen molar-refractivity contribution in [1.29, 1.82) is 5.26 Å². The SMILES string of the molecule is Cc1ccc(C)c(-n2cc(C#N)c(N)n2)c1. The summed E-state index contributed by atoms with van der Waals surface area (Å²) in [7, 11) is 0. The predicted molar refractivity (Wildman–Crippen MR) is 62.2 cm³/mol. The summed E-state index contributed by atoms with van der Waals surface area (Å²) in [6, 6.07) is 8.09. The fourth-order valence-electron chi connectivity index (χ4n) is 1.56. The molecule has 1 aromatic carbocycles. The van der Waals surface area contributed by atoms with Crippen LogP contribution in [0.1, 0.15) is 16.7 Å². The van der Waals surface area contributed by atoms with E-state index < -0.39 is 0 Å². The van der Waals surface area contributed by atoms with Gasteiger partial charge < -0.3 is 5.73 Å².